The Balaban J connectivity index is 4.15. The summed E-state index contributed by atoms with van der Waals surface area (Å²) in [7, 11) is 1.34. The van der Waals surface area contributed by atoms with Gasteiger partial charge in [-0.05, 0) is 77.0 Å². The van der Waals surface area contributed by atoms with Crippen LogP contribution in [0.2, 0.25) is 0 Å². The first-order chi connectivity index (χ1) is 28.6. The lowest BCUT2D eigenvalue weighted by Crippen LogP contribution is -2.37. The molecular formula is C50H92NO7P. The summed E-state index contributed by atoms with van der Waals surface area (Å²) in [5.74, 6) is -0.352. The van der Waals surface area contributed by atoms with Crippen molar-refractivity contribution in [1.82, 2.24) is 0 Å². The molecule has 0 aromatic rings. The summed E-state index contributed by atoms with van der Waals surface area (Å²) >= 11 is 0. The molecule has 0 radical (unpaired) electrons. The standard InChI is InChI=1S/C50H92NO7P/c1-6-8-10-12-14-16-18-20-21-22-23-24-25-26-27-28-29-30-32-34-36-38-40-42-45-55-47-49(48-57-59(53,54)56-46-44-51(3,4)5)58-50(52)43-41-39-37-35-33-31-19-17-15-13-11-9-7-2/h11,13,17-20,22-23,25-26,49H,6-10,12,14-16,21,24,27-48H2,1-5H3/b13-11-,19-17-,20-18-,23-22-,26-25-. The van der Waals surface area contributed by atoms with Crippen molar-refractivity contribution in [1.29, 1.82) is 0 Å². The summed E-state index contributed by atoms with van der Waals surface area (Å²) in [6.45, 7) is 5.30. The fourth-order valence-electron chi connectivity index (χ4n) is 6.30. The monoisotopic (exact) mass is 850 g/mol. The number of nitrogens with zero attached hydrogens (tertiary/aromatic N) is 1. The summed E-state index contributed by atoms with van der Waals surface area (Å²) in [5, 5.41) is 0. The van der Waals surface area contributed by atoms with Crippen LogP contribution in [-0.4, -0.2) is 70.7 Å². The maximum Gasteiger partial charge on any atom is 0.306 e. The molecule has 0 aliphatic rings. The largest absolute Gasteiger partial charge is 0.756 e. The predicted molar refractivity (Wildman–Crippen MR) is 249 cm³/mol. The first kappa shape index (κ1) is 57.2. The molecule has 0 spiro atoms. The lowest BCUT2D eigenvalue weighted by Gasteiger charge is -2.28. The molecule has 0 aromatic carbocycles. The van der Waals surface area contributed by atoms with Crippen LogP contribution < -0.4 is 4.89 Å². The van der Waals surface area contributed by atoms with E-state index in [1.807, 2.05) is 21.1 Å². The SMILES string of the molecule is CCC/C=C\C/C=C\CCCCCCCC(=O)OC(COCCCCCCCCCCC/C=C\C/C=C\C/C=C\CCCCCCC)COP(=O)([O-])OCC[N+](C)(C)C. The van der Waals surface area contributed by atoms with Crippen LogP contribution in [0.15, 0.2) is 60.8 Å². The number of quaternary nitrogens is 1. The Morgan fingerprint density at radius 2 is 0.966 bits per heavy atom. The second-order valence-electron chi connectivity index (χ2n) is 17.1. The Morgan fingerprint density at radius 3 is 1.46 bits per heavy atom. The minimum atomic E-state index is -4.53. The van der Waals surface area contributed by atoms with Gasteiger partial charge in [-0.15, -0.1) is 0 Å². The molecule has 0 amide bonds. The van der Waals surface area contributed by atoms with Crippen molar-refractivity contribution >= 4 is 13.8 Å². The molecule has 0 saturated heterocycles. The molecular weight excluding hydrogens is 758 g/mol. The van der Waals surface area contributed by atoms with Crippen LogP contribution in [0.4, 0.5) is 0 Å². The first-order valence-electron chi connectivity index (χ1n) is 24.0. The van der Waals surface area contributed by atoms with Crippen LogP contribution in [-0.2, 0) is 27.9 Å². The average Bonchev–Trinajstić information content (AvgIpc) is 3.19. The van der Waals surface area contributed by atoms with Gasteiger partial charge in [-0.25, -0.2) is 0 Å². The summed E-state index contributed by atoms with van der Waals surface area (Å²) in [6, 6.07) is 0. The lowest BCUT2D eigenvalue weighted by atomic mass is 10.1. The molecule has 2 unspecified atom stereocenters. The Kier molecular flexibility index (Phi) is 41.6. The number of carbonyl (C=O) groups excluding carboxylic acids is 1. The molecule has 59 heavy (non-hydrogen) atoms. The van der Waals surface area contributed by atoms with E-state index in [-0.39, 0.29) is 25.8 Å². The quantitative estimate of drug-likeness (QED) is 0.0198. The highest BCUT2D eigenvalue weighted by Gasteiger charge is 2.20. The maximum absolute atomic E-state index is 12.7. The molecule has 0 aromatic heterocycles. The van der Waals surface area contributed by atoms with Crippen LogP contribution >= 0.6 is 7.82 Å². The molecule has 0 fully saturated rings. The van der Waals surface area contributed by atoms with Gasteiger partial charge >= 0.3 is 5.97 Å². The van der Waals surface area contributed by atoms with E-state index in [4.69, 9.17) is 18.5 Å². The van der Waals surface area contributed by atoms with Gasteiger partial charge < -0.3 is 27.9 Å². The van der Waals surface area contributed by atoms with E-state index in [1.54, 1.807) is 0 Å². The van der Waals surface area contributed by atoms with Crippen molar-refractivity contribution in [3.63, 3.8) is 0 Å². The van der Waals surface area contributed by atoms with Gasteiger partial charge in [0.05, 0.1) is 34.4 Å². The van der Waals surface area contributed by atoms with Gasteiger partial charge in [0.25, 0.3) is 7.82 Å². The third-order valence-electron chi connectivity index (χ3n) is 10.0. The minimum absolute atomic E-state index is 0.0196. The number of allylic oxidation sites excluding steroid dienone is 10. The van der Waals surface area contributed by atoms with Gasteiger partial charge in [-0.1, -0.05) is 171 Å². The average molecular weight is 850 g/mol. The highest BCUT2D eigenvalue weighted by atomic mass is 31.2. The molecule has 0 saturated carbocycles. The lowest BCUT2D eigenvalue weighted by molar-refractivity contribution is -0.870. The Morgan fingerprint density at radius 1 is 0.525 bits per heavy atom. The number of phosphoric acid groups is 1. The zero-order valence-electron chi connectivity index (χ0n) is 38.9. The fourth-order valence-corrected chi connectivity index (χ4v) is 7.03. The summed E-state index contributed by atoms with van der Waals surface area (Å²) in [4.78, 5) is 25.1. The van der Waals surface area contributed by atoms with E-state index in [9.17, 15) is 14.3 Å². The van der Waals surface area contributed by atoms with Gasteiger partial charge in [0.1, 0.15) is 19.3 Å². The normalized spacial score (nSPS) is 14.2. The number of unbranched alkanes of at least 4 members (excludes halogenated alkanes) is 20. The van der Waals surface area contributed by atoms with E-state index in [2.05, 4.69) is 74.6 Å². The molecule has 0 heterocycles. The van der Waals surface area contributed by atoms with Gasteiger partial charge in [0.15, 0.2) is 0 Å². The van der Waals surface area contributed by atoms with E-state index >= 15 is 0 Å². The number of likely N-dealkylation sites (N-methyl/N-ethyl adjacent to an activating group) is 1. The molecule has 0 aliphatic carbocycles. The van der Waals surface area contributed by atoms with Crippen LogP contribution in [0.1, 0.15) is 194 Å². The summed E-state index contributed by atoms with van der Waals surface area (Å²) in [6.07, 6.45) is 53.8. The molecule has 0 rings (SSSR count). The van der Waals surface area contributed by atoms with Crippen molar-refractivity contribution in [2.75, 3.05) is 54.1 Å². The van der Waals surface area contributed by atoms with Gasteiger partial charge in [-0.2, -0.15) is 0 Å². The number of rotatable bonds is 44. The van der Waals surface area contributed by atoms with E-state index in [0.29, 0.717) is 24.1 Å². The number of hydrogen-bond donors (Lipinski definition) is 0. The van der Waals surface area contributed by atoms with Crippen molar-refractivity contribution in [2.45, 2.75) is 200 Å². The third-order valence-corrected chi connectivity index (χ3v) is 11.0. The Labute approximate surface area is 364 Å². The fraction of sp³-hybridized carbons (Fsp3) is 0.780. The Bertz CT molecular complexity index is 1130. The molecule has 0 aliphatic heterocycles. The highest BCUT2D eigenvalue weighted by molar-refractivity contribution is 7.45. The van der Waals surface area contributed by atoms with Crippen LogP contribution in [0.25, 0.3) is 0 Å². The molecule has 9 heteroatoms. The third kappa shape index (κ3) is 47.1. The number of carbonyl (C=O) groups is 1. The number of phosphoric ester groups is 1. The molecule has 344 valence electrons. The van der Waals surface area contributed by atoms with Crippen LogP contribution in [0.3, 0.4) is 0 Å². The van der Waals surface area contributed by atoms with Gasteiger partial charge in [-0.3, -0.25) is 9.36 Å². The van der Waals surface area contributed by atoms with Gasteiger partial charge in [0, 0.05) is 13.0 Å². The first-order valence-corrected chi connectivity index (χ1v) is 25.5. The highest BCUT2D eigenvalue weighted by Crippen LogP contribution is 2.38. The van der Waals surface area contributed by atoms with Crippen molar-refractivity contribution in [2.24, 2.45) is 0 Å². The molecule has 0 bridgehead atoms. The van der Waals surface area contributed by atoms with Gasteiger partial charge in [0.2, 0.25) is 0 Å². The van der Waals surface area contributed by atoms with Crippen molar-refractivity contribution in [3.05, 3.63) is 60.8 Å². The second kappa shape index (κ2) is 42.9. The number of hydrogen-bond acceptors (Lipinski definition) is 7. The molecule has 2 atom stereocenters. The minimum Gasteiger partial charge on any atom is -0.756 e. The molecule has 0 N–H and O–H groups in total. The summed E-state index contributed by atoms with van der Waals surface area (Å²) < 4.78 is 34.6. The van der Waals surface area contributed by atoms with Crippen molar-refractivity contribution in [3.8, 4) is 0 Å². The molecule has 8 nitrogen and oxygen atoms in total. The number of esters is 1. The van der Waals surface area contributed by atoms with E-state index in [1.165, 1.54) is 96.3 Å². The predicted octanol–water partition coefficient (Wildman–Crippen LogP) is 13.9. The second-order valence-corrected chi connectivity index (χ2v) is 18.5. The van der Waals surface area contributed by atoms with Crippen LogP contribution in [0, 0.1) is 0 Å². The zero-order valence-corrected chi connectivity index (χ0v) is 39.8. The topological polar surface area (TPSA) is 94.1 Å². The van der Waals surface area contributed by atoms with E-state index in [0.717, 1.165) is 77.0 Å². The van der Waals surface area contributed by atoms with E-state index < -0.39 is 13.9 Å². The smallest absolute Gasteiger partial charge is 0.306 e. The number of ether oxygens (including phenoxy) is 2. The zero-order chi connectivity index (χ0) is 43.4. The van der Waals surface area contributed by atoms with Crippen LogP contribution in [0.5, 0.6) is 0 Å². The van der Waals surface area contributed by atoms with Crippen molar-refractivity contribution < 1.29 is 37.3 Å². The maximum atomic E-state index is 12.7. The summed E-state index contributed by atoms with van der Waals surface area (Å²) in [5.41, 5.74) is 0. The Hall–Kier alpha value is -1.80.